The summed E-state index contributed by atoms with van der Waals surface area (Å²) < 4.78 is 11.4. The molecule has 1 unspecified atom stereocenters. The Bertz CT molecular complexity index is 1050. The molecule has 190 valence electrons. The van der Waals surface area contributed by atoms with E-state index < -0.39 is 11.6 Å². The zero-order valence-corrected chi connectivity index (χ0v) is 21.4. The number of anilines is 2. The molecule has 1 atom stereocenters. The Morgan fingerprint density at radius 1 is 1.14 bits per heavy atom. The number of methoxy groups -OCH3 is 1. The van der Waals surface area contributed by atoms with Gasteiger partial charge in [0.2, 0.25) is 0 Å². The van der Waals surface area contributed by atoms with Crippen molar-refractivity contribution in [3.8, 4) is 5.75 Å². The molecule has 2 heterocycles. The lowest BCUT2D eigenvalue weighted by Crippen LogP contribution is -2.45. The Labute approximate surface area is 210 Å². The van der Waals surface area contributed by atoms with Gasteiger partial charge in [0, 0.05) is 12.0 Å². The van der Waals surface area contributed by atoms with Crippen LogP contribution in [0.5, 0.6) is 5.75 Å². The fourth-order valence-corrected chi connectivity index (χ4v) is 5.47. The van der Waals surface area contributed by atoms with E-state index in [0.717, 1.165) is 55.2 Å². The number of aliphatic hydroxyl groups excluding tert-OH is 1. The van der Waals surface area contributed by atoms with E-state index in [4.69, 9.17) is 20.9 Å². The van der Waals surface area contributed by atoms with Crippen LogP contribution in [0, 0.1) is 12.8 Å². The largest absolute Gasteiger partial charge is 0.511 e. The van der Waals surface area contributed by atoms with Crippen molar-refractivity contribution >= 4 is 29.4 Å². The monoisotopic (exact) mass is 501 g/mol. The third-order valence-corrected chi connectivity index (χ3v) is 7.67. The number of carbonyl (C=O) groups is 1. The number of benzene rings is 1. The van der Waals surface area contributed by atoms with E-state index in [2.05, 4.69) is 15.7 Å². The van der Waals surface area contributed by atoms with Crippen LogP contribution in [-0.4, -0.2) is 40.8 Å². The van der Waals surface area contributed by atoms with Crippen molar-refractivity contribution in [1.82, 2.24) is 9.97 Å². The van der Waals surface area contributed by atoms with Gasteiger partial charge in [-0.15, -0.1) is 0 Å². The maximum Gasteiger partial charge on any atom is 0.349 e. The highest BCUT2D eigenvalue weighted by molar-refractivity contribution is 8.03. The van der Waals surface area contributed by atoms with Crippen molar-refractivity contribution in [2.45, 2.75) is 62.6 Å². The van der Waals surface area contributed by atoms with Gasteiger partial charge in [-0.2, -0.15) is 0 Å². The summed E-state index contributed by atoms with van der Waals surface area (Å²) in [4.78, 5) is 21.6. The lowest BCUT2D eigenvalue weighted by molar-refractivity contribution is -0.166. The first kappa shape index (κ1) is 26.6. The SMILES string of the molecule is CN.COc1ccc(CCC2(C3CCCC3)CC(O)=C(Sc3nc(N)c(C)c(N)n3)C(=O)O2)cc1. The lowest BCUT2D eigenvalue weighted by atomic mass is 9.77. The number of thioether (sulfide) groups is 1. The molecule has 2 aromatic rings. The normalized spacial score (nSPS) is 20.3. The summed E-state index contributed by atoms with van der Waals surface area (Å²) in [5, 5.41) is 11.2. The molecule has 0 bridgehead atoms. The lowest BCUT2D eigenvalue weighted by Gasteiger charge is -2.41. The Morgan fingerprint density at radius 3 is 2.29 bits per heavy atom. The summed E-state index contributed by atoms with van der Waals surface area (Å²) >= 11 is 0.939. The van der Waals surface area contributed by atoms with E-state index in [0.29, 0.717) is 12.0 Å². The minimum atomic E-state index is -0.728. The van der Waals surface area contributed by atoms with Gasteiger partial charge in [-0.05, 0) is 75.0 Å². The van der Waals surface area contributed by atoms with Crippen LogP contribution < -0.4 is 21.9 Å². The van der Waals surface area contributed by atoms with Crippen molar-refractivity contribution < 1.29 is 19.4 Å². The zero-order valence-electron chi connectivity index (χ0n) is 20.5. The summed E-state index contributed by atoms with van der Waals surface area (Å²) in [6, 6.07) is 7.89. The average molecular weight is 502 g/mol. The number of carbonyl (C=O) groups excluding carboxylic acids is 1. The third-order valence-electron chi connectivity index (χ3n) is 6.70. The van der Waals surface area contributed by atoms with Gasteiger partial charge in [-0.1, -0.05) is 25.0 Å². The summed E-state index contributed by atoms with van der Waals surface area (Å²) in [5.41, 5.74) is 17.3. The molecule has 1 saturated carbocycles. The van der Waals surface area contributed by atoms with Crippen molar-refractivity contribution in [2.75, 3.05) is 25.6 Å². The fourth-order valence-electron chi connectivity index (χ4n) is 4.69. The molecule has 1 fully saturated rings. The highest BCUT2D eigenvalue weighted by Crippen LogP contribution is 2.47. The van der Waals surface area contributed by atoms with Crippen LogP contribution in [0.4, 0.5) is 11.6 Å². The van der Waals surface area contributed by atoms with Crippen LogP contribution in [0.3, 0.4) is 0 Å². The quantitative estimate of drug-likeness (QED) is 0.323. The molecule has 7 N–H and O–H groups in total. The molecule has 0 radical (unpaired) electrons. The smallest absolute Gasteiger partial charge is 0.349 e. The fraction of sp³-hybridized carbons (Fsp3) is 0.480. The molecule has 1 aliphatic heterocycles. The number of nitrogens with zero attached hydrogens (tertiary/aromatic N) is 2. The molecule has 0 amide bonds. The van der Waals surface area contributed by atoms with Crippen molar-refractivity contribution in [1.29, 1.82) is 0 Å². The topological polar surface area (TPSA) is 160 Å². The first-order chi connectivity index (χ1) is 16.8. The third kappa shape index (κ3) is 5.99. The van der Waals surface area contributed by atoms with Crippen LogP contribution in [0.1, 0.15) is 49.7 Å². The van der Waals surface area contributed by atoms with Gasteiger partial charge in [-0.25, -0.2) is 14.8 Å². The summed E-state index contributed by atoms with van der Waals surface area (Å²) in [7, 11) is 3.14. The number of aliphatic hydroxyl groups is 1. The second-order valence-electron chi connectivity index (χ2n) is 8.74. The van der Waals surface area contributed by atoms with Crippen LogP contribution >= 0.6 is 11.8 Å². The van der Waals surface area contributed by atoms with Crippen LogP contribution in [0.2, 0.25) is 0 Å². The standard InChI is InChI=1S/C24H30N4O4S.CH5N/c1-14-20(25)27-23(28-21(14)26)33-19-18(29)13-24(32-22(19)30,16-5-3-4-6-16)12-11-15-7-9-17(31-2)10-8-15;1-2/h7-10,16,29H,3-6,11-13H2,1-2H3,(H4,25,26,27,28);2H2,1H3. The number of nitrogens with two attached hydrogens (primary N) is 3. The van der Waals surface area contributed by atoms with Crippen molar-refractivity contribution in [3.05, 3.63) is 46.1 Å². The molecule has 0 saturated heterocycles. The molecule has 1 aromatic heterocycles. The molecular weight excluding hydrogens is 466 g/mol. The van der Waals surface area contributed by atoms with Gasteiger partial charge in [0.1, 0.15) is 33.7 Å². The van der Waals surface area contributed by atoms with Gasteiger partial charge < -0.3 is 31.8 Å². The summed E-state index contributed by atoms with van der Waals surface area (Å²) in [6.45, 7) is 1.73. The Balaban J connectivity index is 0.00000167. The number of rotatable bonds is 7. The van der Waals surface area contributed by atoms with Crippen LogP contribution in [-0.2, 0) is 16.0 Å². The predicted molar refractivity (Wildman–Crippen MR) is 138 cm³/mol. The van der Waals surface area contributed by atoms with Crippen LogP contribution in [0.15, 0.2) is 40.1 Å². The Kier molecular flexibility index (Phi) is 8.85. The number of nitrogen functional groups attached to an aromatic ring is 2. The van der Waals surface area contributed by atoms with Crippen LogP contribution in [0.25, 0.3) is 0 Å². The minimum Gasteiger partial charge on any atom is -0.511 e. The first-order valence-corrected chi connectivity index (χ1v) is 12.6. The number of cyclic esters (lactones) is 1. The number of aromatic nitrogens is 2. The summed E-state index contributed by atoms with van der Waals surface area (Å²) in [6.07, 6.45) is 5.83. The van der Waals surface area contributed by atoms with E-state index in [1.54, 1.807) is 14.0 Å². The van der Waals surface area contributed by atoms with Gasteiger partial charge in [-0.3, -0.25) is 0 Å². The second kappa shape index (κ2) is 11.6. The van der Waals surface area contributed by atoms with E-state index in [9.17, 15) is 9.90 Å². The van der Waals surface area contributed by atoms with E-state index in [1.807, 2.05) is 24.3 Å². The molecule has 1 aromatic carbocycles. The highest BCUT2D eigenvalue weighted by Gasteiger charge is 2.48. The zero-order chi connectivity index (χ0) is 25.6. The Morgan fingerprint density at radius 2 is 1.74 bits per heavy atom. The van der Waals surface area contributed by atoms with Gasteiger partial charge >= 0.3 is 5.97 Å². The number of ether oxygens (including phenoxy) is 2. The molecular formula is C25H35N5O4S. The molecule has 10 heteroatoms. The van der Waals surface area contributed by atoms with Gasteiger partial charge in [0.05, 0.1) is 7.11 Å². The summed E-state index contributed by atoms with van der Waals surface area (Å²) in [5.74, 6) is 0.972. The second-order valence-corrected chi connectivity index (χ2v) is 9.72. The average Bonchev–Trinajstić information content (AvgIpc) is 3.41. The van der Waals surface area contributed by atoms with E-state index in [-0.39, 0.29) is 39.8 Å². The van der Waals surface area contributed by atoms with E-state index >= 15 is 0 Å². The maximum atomic E-state index is 13.1. The first-order valence-electron chi connectivity index (χ1n) is 11.7. The number of aryl methyl sites for hydroxylation is 1. The predicted octanol–water partition coefficient (Wildman–Crippen LogP) is 3.90. The van der Waals surface area contributed by atoms with Gasteiger partial charge in [0.15, 0.2) is 5.16 Å². The Hall–Kier alpha value is -2.98. The highest BCUT2D eigenvalue weighted by atomic mass is 32.2. The molecule has 2 aliphatic rings. The van der Waals surface area contributed by atoms with Gasteiger partial charge in [0.25, 0.3) is 0 Å². The number of esters is 1. The van der Waals surface area contributed by atoms with E-state index in [1.165, 1.54) is 7.05 Å². The molecule has 0 spiro atoms. The number of hydrogen-bond acceptors (Lipinski definition) is 10. The molecule has 1 aliphatic carbocycles. The molecule has 35 heavy (non-hydrogen) atoms. The van der Waals surface area contributed by atoms with Crippen molar-refractivity contribution in [2.24, 2.45) is 11.7 Å². The maximum absolute atomic E-state index is 13.1. The molecule has 9 nitrogen and oxygen atoms in total. The molecule has 4 rings (SSSR count). The minimum absolute atomic E-state index is 0.0131. The number of hydrogen-bond donors (Lipinski definition) is 4. The van der Waals surface area contributed by atoms with Crippen molar-refractivity contribution in [3.63, 3.8) is 0 Å².